The first kappa shape index (κ1) is 13.9. The van der Waals surface area contributed by atoms with Crippen LogP contribution in [0.2, 0.25) is 0 Å². The fourth-order valence-corrected chi connectivity index (χ4v) is 2.10. The standard InChI is InChI=1S/C15H14N4O3/c1-22-13-7-16-11(6-12(13)20)15(21)17-8-14-18-9-4-2-3-5-10(9)19-14/h2-7H,8H2,1H3,(H,16,20)(H,17,21)(H,18,19). The Labute approximate surface area is 125 Å². The number of methoxy groups -OCH3 is 1. The van der Waals surface area contributed by atoms with Gasteiger partial charge in [-0.05, 0) is 12.1 Å². The van der Waals surface area contributed by atoms with Crippen molar-refractivity contribution in [1.82, 2.24) is 20.3 Å². The van der Waals surface area contributed by atoms with Gasteiger partial charge in [-0.2, -0.15) is 0 Å². The van der Waals surface area contributed by atoms with E-state index in [1.165, 1.54) is 19.4 Å². The number of H-pyrrole nitrogens is 2. The van der Waals surface area contributed by atoms with Crippen molar-refractivity contribution in [2.45, 2.75) is 6.54 Å². The number of nitrogens with one attached hydrogen (secondary N) is 3. The molecule has 2 aromatic heterocycles. The highest BCUT2D eigenvalue weighted by Crippen LogP contribution is 2.10. The van der Waals surface area contributed by atoms with Gasteiger partial charge in [0.15, 0.2) is 5.75 Å². The summed E-state index contributed by atoms with van der Waals surface area (Å²) in [5, 5.41) is 2.70. The summed E-state index contributed by atoms with van der Waals surface area (Å²) in [6, 6.07) is 8.80. The maximum atomic E-state index is 12.0. The Kier molecular flexibility index (Phi) is 3.61. The number of carbonyl (C=O) groups is 1. The van der Waals surface area contributed by atoms with Gasteiger partial charge in [-0.1, -0.05) is 12.1 Å². The van der Waals surface area contributed by atoms with Crippen molar-refractivity contribution in [3.63, 3.8) is 0 Å². The maximum Gasteiger partial charge on any atom is 0.268 e. The molecule has 0 aliphatic carbocycles. The van der Waals surface area contributed by atoms with Crippen LogP contribution in [0.25, 0.3) is 11.0 Å². The number of aromatic amines is 2. The molecule has 1 amide bonds. The molecule has 0 aliphatic heterocycles. The Morgan fingerprint density at radius 2 is 2.18 bits per heavy atom. The van der Waals surface area contributed by atoms with Crippen LogP contribution < -0.4 is 15.5 Å². The lowest BCUT2D eigenvalue weighted by Crippen LogP contribution is -2.25. The van der Waals surface area contributed by atoms with Gasteiger partial charge in [-0.15, -0.1) is 0 Å². The summed E-state index contributed by atoms with van der Waals surface area (Å²) in [6.45, 7) is 0.238. The van der Waals surface area contributed by atoms with Crippen molar-refractivity contribution in [3.8, 4) is 5.75 Å². The molecule has 1 aromatic carbocycles. The minimum absolute atomic E-state index is 0.161. The average molecular weight is 298 g/mol. The first-order valence-electron chi connectivity index (χ1n) is 6.66. The van der Waals surface area contributed by atoms with Crippen molar-refractivity contribution in [3.05, 3.63) is 58.3 Å². The molecule has 22 heavy (non-hydrogen) atoms. The highest BCUT2D eigenvalue weighted by Gasteiger charge is 2.10. The fraction of sp³-hybridized carbons (Fsp3) is 0.133. The second-order valence-corrected chi connectivity index (χ2v) is 4.66. The number of nitrogens with zero attached hydrogens (tertiary/aromatic N) is 1. The Bertz CT molecular complexity index is 849. The van der Waals surface area contributed by atoms with Gasteiger partial charge in [0.1, 0.15) is 11.5 Å². The van der Waals surface area contributed by atoms with Crippen LogP contribution in [0.3, 0.4) is 0 Å². The lowest BCUT2D eigenvalue weighted by molar-refractivity contribution is 0.0945. The molecule has 0 spiro atoms. The number of rotatable bonds is 4. The molecule has 3 aromatic rings. The summed E-state index contributed by atoms with van der Waals surface area (Å²) in [7, 11) is 1.39. The van der Waals surface area contributed by atoms with Crippen molar-refractivity contribution in [2.75, 3.05) is 7.11 Å². The second-order valence-electron chi connectivity index (χ2n) is 4.66. The van der Waals surface area contributed by atoms with Crippen molar-refractivity contribution >= 4 is 16.9 Å². The quantitative estimate of drug-likeness (QED) is 0.673. The van der Waals surface area contributed by atoms with E-state index >= 15 is 0 Å². The lowest BCUT2D eigenvalue weighted by atomic mass is 10.3. The van der Waals surface area contributed by atoms with Gasteiger partial charge in [0.05, 0.1) is 24.7 Å². The molecule has 0 atom stereocenters. The number of hydrogen-bond acceptors (Lipinski definition) is 4. The molecule has 0 saturated carbocycles. The topological polar surface area (TPSA) is 99.9 Å². The van der Waals surface area contributed by atoms with Gasteiger partial charge in [-0.3, -0.25) is 9.59 Å². The smallest absolute Gasteiger partial charge is 0.268 e. The largest absolute Gasteiger partial charge is 0.491 e. The first-order chi connectivity index (χ1) is 10.7. The highest BCUT2D eigenvalue weighted by molar-refractivity contribution is 5.92. The molecule has 0 unspecified atom stereocenters. The zero-order valence-electron chi connectivity index (χ0n) is 11.8. The van der Waals surface area contributed by atoms with E-state index in [4.69, 9.17) is 4.74 Å². The van der Waals surface area contributed by atoms with Crippen LogP contribution in [-0.2, 0) is 6.54 Å². The van der Waals surface area contributed by atoms with Gasteiger partial charge in [0, 0.05) is 12.3 Å². The summed E-state index contributed by atoms with van der Waals surface area (Å²) in [5.74, 6) is 0.416. The third-order valence-corrected chi connectivity index (χ3v) is 3.20. The lowest BCUT2D eigenvalue weighted by Gasteiger charge is -2.04. The molecule has 7 nitrogen and oxygen atoms in total. The minimum Gasteiger partial charge on any atom is -0.491 e. The van der Waals surface area contributed by atoms with E-state index in [0.29, 0.717) is 5.82 Å². The maximum absolute atomic E-state index is 12.0. The van der Waals surface area contributed by atoms with Crippen LogP contribution >= 0.6 is 0 Å². The van der Waals surface area contributed by atoms with Crippen LogP contribution in [0.1, 0.15) is 16.3 Å². The molecule has 112 valence electrons. The van der Waals surface area contributed by atoms with Crippen LogP contribution in [0.5, 0.6) is 5.75 Å². The van der Waals surface area contributed by atoms with Crippen molar-refractivity contribution in [2.24, 2.45) is 0 Å². The van der Waals surface area contributed by atoms with Gasteiger partial charge in [-0.25, -0.2) is 4.98 Å². The number of imidazole rings is 1. The Morgan fingerprint density at radius 1 is 1.36 bits per heavy atom. The number of pyridine rings is 1. The van der Waals surface area contributed by atoms with E-state index in [2.05, 4.69) is 20.3 Å². The van der Waals surface area contributed by atoms with Crippen LogP contribution in [0.4, 0.5) is 0 Å². The number of hydrogen-bond donors (Lipinski definition) is 3. The molecule has 0 radical (unpaired) electrons. The zero-order chi connectivity index (χ0) is 15.5. The summed E-state index contributed by atoms with van der Waals surface area (Å²) in [6.07, 6.45) is 1.36. The third kappa shape index (κ3) is 2.69. The molecule has 2 heterocycles. The number of benzene rings is 1. The van der Waals surface area contributed by atoms with Crippen LogP contribution in [0.15, 0.2) is 41.3 Å². The van der Waals surface area contributed by atoms with Crippen molar-refractivity contribution in [1.29, 1.82) is 0 Å². The third-order valence-electron chi connectivity index (χ3n) is 3.20. The summed E-state index contributed by atoms with van der Waals surface area (Å²) >= 11 is 0. The molecule has 3 N–H and O–H groups in total. The molecule has 3 rings (SSSR count). The van der Waals surface area contributed by atoms with Crippen LogP contribution in [-0.4, -0.2) is 28.0 Å². The Hall–Kier alpha value is -3.09. The summed E-state index contributed by atoms with van der Waals surface area (Å²) in [4.78, 5) is 33.8. The normalized spacial score (nSPS) is 10.6. The highest BCUT2D eigenvalue weighted by atomic mass is 16.5. The molecule has 0 saturated heterocycles. The van der Waals surface area contributed by atoms with E-state index < -0.39 is 0 Å². The number of fused-ring (bicyclic) bond motifs is 1. The number of ether oxygens (including phenoxy) is 1. The van der Waals surface area contributed by atoms with Gasteiger partial charge in [0.2, 0.25) is 5.43 Å². The molecular formula is C15H14N4O3. The summed E-state index contributed by atoms with van der Waals surface area (Å²) in [5.41, 5.74) is 1.56. The fourth-order valence-electron chi connectivity index (χ4n) is 2.10. The molecule has 7 heteroatoms. The van der Waals surface area contributed by atoms with E-state index in [-0.39, 0.29) is 29.3 Å². The van der Waals surface area contributed by atoms with Gasteiger partial charge < -0.3 is 20.0 Å². The van der Waals surface area contributed by atoms with E-state index in [1.54, 1.807) is 0 Å². The zero-order valence-corrected chi connectivity index (χ0v) is 11.8. The van der Waals surface area contributed by atoms with Crippen molar-refractivity contribution < 1.29 is 9.53 Å². The molecule has 0 aliphatic rings. The predicted molar refractivity (Wildman–Crippen MR) is 80.9 cm³/mol. The number of amides is 1. The molecule has 0 fully saturated rings. The average Bonchev–Trinajstić information content (AvgIpc) is 2.95. The van der Waals surface area contributed by atoms with Crippen LogP contribution in [0, 0.1) is 0 Å². The number of aromatic nitrogens is 3. The number of para-hydroxylation sites is 2. The van der Waals surface area contributed by atoms with E-state index in [0.717, 1.165) is 11.0 Å². The molecular weight excluding hydrogens is 284 g/mol. The van der Waals surface area contributed by atoms with E-state index in [9.17, 15) is 9.59 Å². The van der Waals surface area contributed by atoms with Gasteiger partial charge >= 0.3 is 0 Å². The minimum atomic E-state index is -0.389. The Balaban J connectivity index is 1.71. The Morgan fingerprint density at radius 3 is 2.91 bits per heavy atom. The van der Waals surface area contributed by atoms with E-state index in [1.807, 2.05) is 24.3 Å². The molecule has 0 bridgehead atoms. The SMILES string of the molecule is COc1c[nH]c(C(=O)NCc2nc3ccccc3[nH]2)cc1=O. The van der Waals surface area contributed by atoms with Gasteiger partial charge in [0.25, 0.3) is 5.91 Å². The predicted octanol–water partition coefficient (Wildman–Crippen LogP) is 1.19. The number of carbonyl (C=O) groups excluding carboxylic acids is 1. The first-order valence-corrected chi connectivity index (χ1v) is 6.66. The second kappa shape index (κ2) is 5.72. The summed E-state index contributed by atoms with van der Waals surface area (Å²) < 4.78 is 4.85. The monoisotopic (exact) mass is 298 g/mol.